The second kappa shape index (κ2) is 7.04. The minimum absolute atomic E-state index is 0.255. The van der Waals surface area contributed by atoms with Crippen molar-refractivity contribution in [2.24, 2.45) is 10.9 Å². The van der Waals surface area contributed by atoms with Gasteiger partial charge in [-0.2, -0.15) is 0 Å². The van der Waals surface area contributed by atoms with Crippen molar-refractivity contribution in [1.29, 1.82) is 0 Å². The van der Waals surface area contributed by atoms with E-state index < -0.39 is 0 Å². The van der Waals surface area contributed by atoms with E-state index in [9.17, 15) is 0 Å². The molecule has 7 nitrogen and oxygen atoms in total. The molecule has 110 valence electrons. The highest BCUT2D eigenvalue weighted by Crippen LogP contribution is 2.14. The molecule has 2 heterocycles. The smallest absolute Gasteiger partial charge is 0.153 e. The fraction of sp³-hybridized carbons (Fsp3) is 0.615. The maximum atomic E-state index is 8.59. The van der Waals surface area contributed by atoms with E-state index in [4.69, 9.17) is 10.9 Å². The molecule has 1 aliphatic heterocycles. The van der Waals surface area contributed by atoms with Gasteiger partial charge in [0.2, 0.25) is 0 Å². The summed E-state index contributed by atoms with van der Waals surface area (Å²) in [5.74, 6) is 1.25. The van der Waals surface area contributed by atoms with E-state index in [2.05, 4.69) is 37.9 Å². The van der Waals surface area contributed by atoms with Gasteiger partial charge in [-0.3, -0.25) is 4.90 Å². The fourth-order valence-electron chi connectivity index (χ4n) is 2.35. The van der Waals surface area contributed by atoms with Crippen LogP contribution >= 0.6 is 0 Å². The molecular weight excluding hydrogens is 256 g/mol. The number of nitrogens with two attached hydrogens (primary N) is 1. The average Bonchev–Trinajstić information content (AvgIpc) is 2.48. The van der Waals surface area contributed by atoms with E-state index in [0.29, 0.717) is 6.54 Å². The van der Waals surface area contributed by atoms with E-state index in [1.807, 2.05) is 0 Å². The topological polar surface area (TPSA) is 90.9 Å². The first-order chi connectivity index (χ1) is 9.72. The van der Waals surface area contributed by atoms with Gasteiger partial charge >= 0.3 is 0 Å². The Hall–Kier alpha value is -1.89. The molecule has 0 amide bonds. The maximum absolute atomic E-state index is 8.59. The van der Waals surface area contributed by atoms with E-state index in [0.717, 1.165) is 50.5 Å². The van der Waals surface area contributed by atoms with Crippen LogP contribution in [0, 0.1) is 0 Å². The third kappa shape index (κ3) is 3.80. The lowest BCUT2D eigenvalue weighted by molar-refractivity contribution is 0.278. The number of hydrogen-bond acceptors (Lipinski definition) is 6. The Morgan fingerprint density at radius 2 is 2.10 bits per heavy atom. The lowest BCUT2D eigenvalue weighted by Crippen LogP contribution is -2.49. The van der Waals surface area contributed by atoms with Gasteiger partial charge in [0.05, 0.1) is 6.54 Å². The van der Waals surface area contributed by atoms with Gasteiger partial charge in [-0.15, -0.1) is 0 Å². The van der Waals surface area contributed by atoms with Crippen LogP contribution in [0.5, 0.6) is 0 Å². The van der Waals surface area contributed by atoms with Gasteiger partial charge < -0.3 is 15.8 Å². The largest absolute Gasteiger partial charge is 0.409 e. The van der Waals surface area contributed by atoms with Crippen LogP contribution in [-0.4, -0.2) is 58.6 Å². The van der Waals surface area contributed by atoms with Crippen LogP contribution in [0.15, 0.2) is 17.5 Å². The molecule has 0 aliphatic carbocycles. The van der Waals surface area contributed by atoms with Gasteiger partial charge in [-0.25, -0.2) is 9.97 Å². The summed E-state index contributed by atoms with van der Waals surface area (Å²) in [5.41, 5.74) is 6.62. The number of rotatable bonds is 5. The third-order valence-electron chi connectivity index (χ3n) is 3.43. The summed E-state index contributed by atoms with van der Waals surface area (Å²) in [6.45, 7) is 6.19. The SMILES string of the molecule is CCCc1cc(N2CCN(CC(N)=NO)CC2)ncn1. The van der Waals surface area contributed by atoms with Crippen molar-refractivity contribution < 1.29 is 5.21 Å². The normalized spacial score (nSPS) is 17.4. The van der Waals surface area contributed by atoms with E-state index >= 15 is 0 Å². The zero-order valence-electron chi connectivity index (χ0n) is 11.9. The second-order valence-electron chi connectivity index (χ2n) is 4.97. The lowest BCUT2D eigenvalue weighted by atomic mass is 10.2. The molecule has 0 atom stereocenters. The van der Waals surface area contributed by atoms with Crippen molar-refractivity contribution in [2.45, 2.75) is 19.8 Å². The average molecular weight is 278 g/mol. The lowest BCUT2D eigenvalue weighted by Gasteiger charge is -2.35. The molecule has 3 N–H and O–H groups in total. The van der Waals surface area contributed by atoms with Crippen molar-refractivity contribution in [3.8, 4) is 0 Å². The summed E-state index contributed by atoms with van der Waals surface area (Å²) >= 11 is 0. The second-order valence-corrected chi connectivity index (χ2v) is 4.97. The predicted molar refractivity (Wildman–Crippen MR) is 78.1 cm³/mol. The summed E-state index contributed by atoms with van der Waals surface area (Å²) in [7, 11) is 0. The van der Waals surface area contributed by atoms with Gasteiger partial charge in [0.15, 0.2) is 5.84 Å². The summed E-state index contributed by atoms with van der Waals surface area (Å²) in [6, 6.07) is 2.07. The third-order valence-corrected chi connectivity index (χ3v) is 3.43. The number of hydrogen-bond donors (Lipinski definition) is 2. The van der Waals surface area contributed by atoms with Gasteiger partial charge in [-0.05, 0) is 6.42 Å². The maximum Gasteiger partial charge on any atom is 0.153 e. The van der Waals surface area contributed by atoms with Crippen molar-refractivity contribution in [3.05, 3.63) is 18.1 Å². The Morgan fingerprint density at radius 3 is 2.75 bits per heavy atom. The molecule has 1 aromatic heterocycles. The van der Waals surface area contributed by atoms with Crippen LogP contribution in [-0.2, 0) is 6.42 Å². The zero-order chi connectivity index (χ0) is 14.4. The summed E-state index contributed by atoms with van der Waals surface area (Å²) in [5, 5.41) is 11.6. The molecule has 0 saturated carbocycles. The zero-order valence-corrected chi connectivity index (χ0v) is 11.9. The monoisotopic (exact) mass is 278 g/mol. The number of aryl methyl sites for hydroxylation is 1. The first-order valence-corrected chi connectivity index (χ1v) is 6.97. The standard InChI is InChI=1S/C13H22N6O/c1-2-3-11-8-13(16-10-15-11)19-6-4-18(5-7-19)9-12(14)17-20/h8,10,20H,2-7,9H2,1H3,(H2,14,17). The molecule has 1 aromatic rings. The number of nitrogens with zero attached hydrogens (tertiary/aromatic N) is 5. The van der Waals surface area contributed by atoms with E-state index in [1.54, 1.807) is 6.33 Å². The Labute approximate surface area is 119 Å². The molecule has 1 aliphatic rings. The Bertz CT molecular complexity index is 456. The number of oxime groups is 1. The Morgan fingerprint density at radius 1 is 1.35 bits per heavy atom. The van der Waals surface area contributed by atoms with Gasteiger partial charge in [-0.1, -0.05) is 18.5 Å². The van der Waals surface area contributed by atoms with E-state index in [-0.39, 0.29) is 5.84 Å². The highest BCUT2D eigenvalue weighted by atomic mass is 16.4. The number of piperazine rings is 1. The van der Waals surface area contributed by atoms with Gasteiger partial charge in [0, 0.05) is 37.9 Å². The summed E-state index contributed by atoms with van der Waals surface area (Å²) < 4.78 is 0. The fourth-order valence-corrected chi connectivity index (χ4v) is 2.35. The predicted octanol–water partition coefficient (Wildman–Crippen LogP) is 0.298. The molecule has 0 bridgehead atoms. The molecule has 0 unspecified atom stereocenters. The van der Waals surface area contributed by atoms with Crippen molar-refractivity contribution in [3.63, 3.8) is 0 Å². The first kappa shape index (κ1) is 14.5. The molecule has 2 rings (SSSR count). The molecule has 0 spiro atoms. The first-order valence-electron chi connectivity index (χ1n) is 6.97. The van der Waals surface area contributed by atoms with Crippen LogP contribution in [0.1, 0.15) is 19.0 Å². The van der Waals surface area contributed by atoms with Crippen LogP contribution in [0.3, 0.4) is 0 Å². The van der Waals surface area contributed by atoms with Crippen molar-refractivity contribution in [2.75, 3.05) is 37.6 Å². The minimum Gasteiger partial charge on any atom is -0.409 e. The van der Waals surface area contributed by atoms with Crippen molar-refractivity contribution >= 4 is 11.7 Å². The molecular formula is C13H22N6O. The van der Waals surface area contributed by atoms with Crippen LogP contribution in [0.25, 0.3) is 0 Å². The molecule has 0 aromatic carbocycles. The van der Waals surface area contributed by atoms with Gasteiger partial charge in [0.25, 0.3) is 0 Å². The van der Waals surface area contributed by atoms with Crippen LogP contribution < -0.4 is 10.6 Å². The number of amidine groups is 1. The molecule has 1 saturated heterocycles. The quantitative estimate of drug-likeness (QED) is 0.348. The van der Waals surface area contributed by atoms with E-state index in [1.165, 1.54) is 0 Å². The molecule has 1 fully saturated rings. The summed E-state index contributed by atoms with van der Waals surface area (Å²) in [4.78, 5) is 13.1. The Kier molecular flexibility index (Phi) is 5.11. The highest BCUT2D eigenvalue weighted by Gasteiger charge is 2.19. The van der Waals surface area contributed by atoms with Crippen LogP contribution in [0.4, 0.5) is 5.82 Å². The Balaban J connectivity index is 1.91. The molecule has 0 radical (unpaired) electrons. The van der Waals surface area contributed by atoms with Gasteiger partial charge in [0.1, 0.15) is 12.1 Å². The molecule has 7 heteroatoms. The van der Waals surface area contributed by atoms with Crippen molar-refractivity contribution in [1.82, 2.24) is 14.9 Å². The number of anilines is 1. The highest BCUT2D eigenvalue weighted by molar-refractivity contribution is 5.81. The van der Waals surface area contributed by atoms with Crippen LogP contribution in [0.2, 0.25) is 0 Å². The molecule has 20 heavy (non-hydrogen) atoms. The number of aromatic nitrogens is 2. The minimum atomic E-state index is 0.255. The summed E-state index contributed by atoms with van der Waals surface area (Å²) in [6.07, 6.45) is 3.71.